The number of amides is 1. The van der Waals surface area contributed by atoms with Gasteiger partial charge in [-0.25, -0.2) is 0 Å². The topological polar surface area (TPSA) is 67.6 Å². The van der Waals surface area contributed by atoms with E-state index in [9.17, 15) is 4.79 Å². The highest BCUT2D eigenvalue weighted by atomic mass is 79.9. The molecule has 0 bridgehead atoms. The highest BCUT2D eigenvalue weighted by Gasteiger charge is 2.19. The molecule has 1 heterocycles. The van der Waals surface area contributed by atoms with Crippen LogP contribution in [0.15, 0.2) is 16.6 Å². The lowest BCUT2D eigenvalue weighted by atomic mass is 10.1. The van der Waals surface area contributed by atoms with Gasteiger partial charge in [-0.1, -0.05) is 11.6 Å². The van der Waals surface area contributed by atoms with Gasteiger partial charge in [0.2, 0.25) is 5.91 Å². The molecule has 0 radical (unpaired) electrons. The van der Waals surface area contributed by atoms with Gasteiger partial charge in [0.25, 0.3) is 0 Å². The monoisotopic (exact) mass is 375 g/mol. The predicted molar refractivity (Wildman–Crippen MR) is 88.0 cm³/mol. The minimum Gasteiger partial charge on any atom is -0.493 e. The van der Waals surface area contributed by atoms with Crippen LogP contribution in [0.25, 0.3) is 0 Å². The quantitative estimate of drug-likeness (QED) is 0.847. The first-order chi connectivity index (χ1) is 9.99. The van der Waals surface area contributed by atoms with Crippen LogP contribution < -0.4 is 15.8 Å². The van der Waals surface area contributed by atoms with E-state index in [0.29, 0.717) is 27.5 Å². The zero-order chi connectivity index (χ0) is 15.4. The van der Waals surface area contributed by atoms with E-state index in [1.165, 1.54) is 0 Å². The second-order valence-electron chi connectivity index (χ2n) is 5.13. The van der Waals surface area contributed by atoms with Crippen molar-refractivity contribution in [2.24, 2.45) is 5.73 Å². The second kappa shape index (κ2) is 7.45. The Morgan fingerprint density at radius 1 is 1.52 bits per heavy atom. The molecule has 1 aromatic rings. The van der Waals surface area contributed by atoms with Crippen LogP contribution in [0.1, 0.15) is 12.8 Å². The fourth-order valence-corrected chi connectivity index (χ4v) is 3.34. The van der Waals surface area contributed by atoms with Crippen LogP contribution in [0.2, 0.25) is 5.02 Å². The Bertz CT molecular complexity index is 519. The third-order valence-corrected chi connectivity index (χ3v) is 4.29. The molecule has 0 aliphatic carbocycles. The van der Waals surface area contributed by atoms with E-state index in [1.807, 2.05) is 0 Å². The summed E-state index contributed by atoms with van der Waals surface area (Å²) in [4.78, 5) is 14.3. The first-order valence-corrected chi connectivity index (χ1v) is 7.97. The van der Waals surface area contributed by atoms with Crippen LogP contribution in [0.3, 0.4) is 0 Å². The second-order valence-corrected chi connectivity index (χ2v) is 6.42. The highest BCUT2D eigenvalue weighted by molar-refractivity contribution is 9.10. The Balaban J connectivity index is 1.99. The van der Waals surface area contributed by atoms with E-state index < -0.39 is 0 Å². The molecule has 0 saturated carbocycles. The fourth-order valence-electron chi connectivity index (χ4n) is 2.36. The first kappa shape index (κ1) is 16.5. The summed E-state index contributed by atoms with van der Waals surface area (Å²) in [6, 6.07) is 3.66. The van der Waals surface area contributed by atoms with E-state index in [2.05, 4.69) is 26.1 Å². The Hall–Kier alpha value is -0.820. The molecule has 2 rings (SSSR count). The van der Waals surface area contributed by atoms with Crippen molar-refractivity contribution in [3.05, 3.63) is 21.6 Å². The summed E-state index contributed by atoms with van der Waals surface area (Å²) < 4.78 is 5.99. The summed E-state index contributed by atoms with van der Waals surface area (Å²) in [6.45, 7) is 2.05. The van der Waals surface area contributed by atoms with E-state index in [1.54, 1.807) is 19.2 Å². The summed E-state index contributed by atoms with van der Waals surface area (Å²) in [5.41, 5.74) is 6.42. The molecule has 7 heteroatoms. The molecule has 1 amide bonds. The van der Waals surface area contributed by atoms with Gasteiger partial charge < -0.3 is 15.8 Å². The number of nitrogens with two attached hydrogens (primary N) is 1. The van der Waals surface area contributed by atoms with Gasteiger partial charge in [0.1, 0.15) is 0 Å². The molecule has 1 aromatic carbocycles. The smallest absolute Gasteiger partial charge is 0.238 e. The summed E-state index contributed by atoms with van der Waals surface area (Å²) in [6.07, 6.45) is 1.86. The van der Waals surface area contributed by atoms with Gasteiger partial charge in [0.05, 0.1) is 23.8 Å². The Morgan fingerprint density at radius 2 is 2.19 bits per heavy atom. The summed E-state index contributed by atoms with van der Waals surface area (Å²) in [7, 11) is 1.55. The molecule has 3 N–H and O–H groups in total. The number of halogens is 2. The molecule has 1 aliphatic rings. The SMILES string of the molecule is COc1c(Br)cc(Cl)cc1NC(=O)CN1CCC(N)CC1. The Morgan fingerprint density at radius 3 is 2.81 bits per heavy atom. The van der Waals surface area contributed by atoms with Crippen LogP contribution in [0.4, 0.5) is 5.69 Å². The minimum absolute atomic E-state index is 0.0852. The van der Waals surface area contributed by atoms with Crippen molar-refractivity contribution in [3.63, 3.8) is 0 Å². The van der Waals surface area contributed by atoms with Gasteiger partial charge in [-0.3, -0.25) is 9.69 Å². The van der Waals surface area contributed by atoms with Crippen LogP contribution in [-0.2, 0) is 4.79 Å². The van der Waals surface area contributed by atoms with Gasteiger partial charge in [-0.15, -0.1) is 0 Å². The van der Waals surface area contributed by atoms with Gasteiger partial charge in [-0.2, -0.15) is 0 Å². The van der Waals surface area contributed by atoms with E-state index in [4.69, 9.17) is 22.1 Å². The molecular weight excluding hydrogens is 358 g/mol. The van der Waals surface area contributed by atoms with Gasteiger partial charge in [-0.05, 0) is 40.9 Å². The number of piperidine rings is 1. The summed E-state index contributed by atoms with van der Waals surface area (Å²) in [5, 5.41) is 3.38. The van der Waals surface area contributed by atoms with Crippen LogP contribution in [0, 0.1) is 0 Å². The van der Waals surface area contributed by atoms with E-state index in [-0.39, 0.29) is 11.9 Å². The van der Waals surface area contributed by atoms with Crippen molar-refractivity contribution in [2.45, 2.75) is 18.9 Å². The van der Waals surface area contributed by atoms with Crippen molar-refractivity contribution in [3.8, 4) is 5.75 Å². The lowest BCUT2D eigenvalue weighted by molar-refractivity contribution is -0.117. The molecule has 1 saturated heterocycles. The zero-order valence-electron chi connectivity index (χ0n) is 11.9. The minimum atomic E-state index is -0.0852. The molecule has 0 atom stereocenters. The van der Waals surface area contributed by atoms with Crippen molar-refractivity contribution < 1.29 is 9.53 Å². The van der Waals surface area contributed by atoms with Crippen LogP contribution in [0.5, 0.6) is 5.75 Å². The molecule has 1 fully saturated rings. The number of nitrogens with zero attached hydrogens (tertiary/aromatic N) is 1. The third kappa shape index (κ3) is 4.57. The number of ether oxygens (including phenoxy) is 1. The van der Waals surface area contributed by atoms with Crippen LogP contribution >= 0.6 is 27.5 Å². The van der Waals surface area contributed by atoms with Crippen LogP contribution in [-0.4, -0.2) is 43.6 Å². The molecule has 116 valence electrons. The molecule has 0 aromatic heterocycles. The predicted octanol–water partition coefficient (Wildman–Crippen LogP) is 2.47. The van der Waals surface area contributed by atoms with Crippen molar-refractivity contribution in [1.29, 1.82) is 0 Å². The number of nitrogens with one attached hydrogen (secondary N) is 1. The number of rotatable bonds is 4. The molecule has 21 heavy (non-hydrogen) atoms. The molecule has 5 nitrogen and oxygen atoms in total. The van der Waals surface area contributed by atoms with Gasteiger partial charge in [0, 0.05) is 24.2 Å². The average molecular weight is 377 g/mol. The zero-order valence-corrected chi connectivity index (χ0v) is 14.2. The number of carbonyl (C=O) groups is 1. The Labute approximate surface area is 137 Å². The number of likely N-dealkylation sites (tertiary alicyclic amines) is 1. The maximum absolute atomic E-state index is 12.2. The lowest BCUT2D eigenvalue weighted by Gasteiger charge is -2.29. The maximum atomic E-state index is 12.2. The number of anilines is 1. The number of carbonyl (C=O) groups excluding carboxylic acids is 1. The van der Waals surface area contributed by atoms with E-state index in [0.717, 1.165) is 25.9 Å². The van der Waals surface area contributed by atoms with Gasteiger partial charge >= 0.3 is 0 Å². The van der Waals surface area contributed by atoms with E-state index >= 15 is 0 Å². The van der Waals surface area contributed by atoms with Crippen molar-refractivity contribution in [2.75, 3.05) is 32.1 Å². The summed E-state index contributed by atoms with van der Waals surface area (Å²) >= 11 is 9.38. The van der Waals surface area contributed by atoms with Gasteiger partial charge in [0.15, 0.2) is 5.75 Å². The van der Waals surface area contributed by atoms with Crippen molar-refractivity contribution >= 4 is 39.1 Å². The highest BCUT2D eigenvalue weighted by Crippen LogP contribution is 2.36. The summed E-state index contributed by atoms with van der Waals surface area (Å²) in [5.74, 6) is 0.478. The molecule has 0 spiro atoms. The average Bonchev–Trinajstić information content (AvgIpc) is 2.41. The number of benzene rings is 1. The standard InChI is InChI=1S/C14H19BrClN3O2/c1-21-14-11(15)6-9(16)7-12(14)18-13(20)8-19-4-2-10(17)3-5-19/h6-7,10H,2-5,8,17H2,1H3,(H,18,20). The largest absolute Gasteiger partial charge is 0.493 e. The molecule has 1 aliphatic heterocycles. The first-order valence-electron chi connectivity index (χ1n) is 6.80. The Kier molecular flexibility index (Phi) is 5.87. The maximum Gasteiger partial charge on any atom is 0.238 e. The number of methoxy groups -OCH3 is 1. The number of hydrogen-bond donors (Lipinski definition) is 2. The molecular formula is C14H19BrClN3O2. The third-order valence-electron chi connectivity index (χ3n) is 3.49. The molecule has 0 unspecified atom stereocenters. The van der Waals surface area contributed by atoms with Crippen molar-refractivity contribution in [1.82, 2.24) is 4.90 Å². The normalized spacial score (nSPS) is 16.8. The fraction of sp³-hybridized carbons (Fsp3) is 0.500. The number of hydrogen-bond acceptors (Lipinski definition) is 4. The lowest BCUT2D eigenvalue weighted by Crippen LogP contribution is -2.43.